The van der Waals surface area contributed by atoms with Gasteiger partial charge in [-0.15, -0.1) is 0 Å². The standard InChI is InChI=1S/C19H15FN4O2S/c20-13-1-3-14(4-2-13)24-16-7-10-27(25,26)18(16)17(15(11-21)19(24)22)12-5-8-23-9-6-12/h1-6,8-9,17H,7,10,22H2/t17-/m1/s1. The number of halogens is 1. The number of nitrogens with zero attached hydrogens (tertiary/aromatic N) is 3. The molecule has 0 bridgehead atoms. The van der Waals surface area contributed by atoms with E-state index in [1.807, 2.05) is 0 Å². The number of allylic oxidation sites excluding steroid dienone is 3. The second kappa shape index (κ2) is 6.21. The largest absolute Gasteiger partial charge is 0.384 e. The molecule has 27 heavy (non-hydrogen) atoms. The van der Waals surface area contributed by atoms with Gasteiger partial charge in [0.1, 0.15) is 11.6 Å². The Kier molecular flexibility index (Phi) is 3.97. The lowest BCUT2D eigenvalue weighted by atomic mass is 9.87. The van der Waals surface area contributed by atoms with Crippen molar-refractivity contribution in [3.63, 3.8) is 0 Å². The zero-order valence-electron chi connectivity index (χ0n) is 14.1. The Morgan fingerprint density at radius 1 is 1.19 bits per heavy atom. The van der Waals surface area contributed by atoms with Gasteiger partial charge in [-0.1, -0.05) is 0 Å². The summed E-state index contributed by atoms with van der Waals surface area (Å²) in [5.74, 6) is -1.08. The van der Waals surface area contributed by atoms with Crippen LogP contribution in [-0.4, -0.2) is 19.2 Å². The molecular weight excluding hydrogens is 367 g/mol. The van der Waals surface area contributed by atoms with Gasteiger partial charge in [-0.05, 0) is 42.0 Å². The first-order valence-electron chi connectivity index (χ1n) is 8.25. The monoisotopic (exact) mass is 382 g/mol. The summed E-state index contributed by atoms with van der Waals surface area (Å²) in [4.78, 5) is 5.70. The first-order chi connectivity index (χ1) is 12.9. The van der Waals surface area contributed by atoms with Gasteiger partial charge in [0.25, 0.3) is 0 Å². The molecule has 136 valence electrons. The smallest absolute Gasteiger partial charge is 0.177 e. The predicted octanol–water partition coefficient (Wildman–Crippen LogP) is 2.55. The summed E-state index contributed by atoms with van der Waals surface area (Å²) in [6.45, 7) is 0. The molecule has 1 aromatic heterocycles. The molecule has 0 radical (unpaired) electrons. The molecule has 8 heteroatoms. The number of pyridine rings is 1. The summed E-state index contributed by atoms with van der Waals surface area (Å²) in [7, 11) is -3.56. The Morgan fingerprint density at radius 2 is 1.85 bits per heavy atom. The summed E-state index contributed by atoms with van der Waals surface area (Å²) < 4.78 is 39.0. The highest BCUT2D eigenvalue weighted by molar-refractivity contribution is 7.95. The van der Waals surface area contributed by atoms with Crippen LogP contribution in [0.1, 0.15) is 17.9 Å². The molecule has 0 aliphatic carbocycles. The number of rotatable bonds is 2. The van der Waals surface area contributed by atoms with Gasteiger partial charge in [0.15, 0.2) is 9.84 Å². The summed E-state index contributed by atoms with van der Waals surface area (Å²) >= 11 is 0. The minimum atomic E-state index is -3.56. The fraction of sp³-hybridized carbons (Fsp3) is 0.158. The molecule has 0 saturated heterocycles. The zero-order chi connectivity index (χ0) is 19.2. The van der Waals surface area contributed by atoms with Crippen LogP contribution >= 0.6 is 0 Å². The van der Waals surface area contributed by atoms with Gasteiger partial charge >= 0.3 is 0 Å². The van der Waals surface area contributed by atoms with E-state index in [0.717, 1.165) is 0 Å². The van der Waals surface area contributed by atoms with Crippen LogP contribution in [0, 0.1) is 17.1 Å². The third-order valence-corrected chi connectivity index (χ3v) is 6.69. The minimum absolute atomic E-state index is 0.0526. The number of aromatic nitrogens is 1. The molecule has 2 aliphatic heterocycles. The second-order valence-corrected chi connectivity index (χ2v) is 8.39. The molecule has 0 amide bonds. The lowest BCUT2D eigenvalue weighted by Crippen LogP contribution is -2.34. The van der Waals surface area contributed by atoms with Crippen molar-refractivity contribution in [2.45, 2.75) is 12.3 Å². The Hall–Kier alpha value is -3.18. The van der Waals surface area contributed by atoms with E-state index >= 15 is 0 Å². The summed E-state index contributed by atoms with van der Waals surface area (Å²) in [5.41, 5.74) is 8.15. The maximum atomic E-state index is 13.3. The van der Waals surface area contributed by atoms with E-state index in [1.54, 1.807) is 29.4 Å². The molecule has 3 heterocycles. The highest BCUT2D eigenvalue weighted by Crippen LogP contribution is 2.48. The molecule has 4 rings (SSSR count). The van der Waals surface area contributed by atoms with Crippen molar-refractivity contribution < 1.29 is 12.8 Å². The Balaban J connectivity index is 1.99. The summed E-state index contributed by atoms with van der Waals surface area (Å²) in [6, 6.07) is 11.0. The maximum Gasteiger partial charge on any atom is 0.177 e. The molecule has 0 saturated carbocycles. The quantitative estimate of drug-likeness (QED) is 0.857. The molecule has 0 spiro atoms. The van der Waals surface area contributed by atoms with E-state index in [9.17, 15) is 18.1 Å². The van der Waals surface area contributed by atoms with Crippen molar-refractivity contribution >= 4 is 15.5 Å². The number of benzene rings is 1. The summed E-state index contributed by atoms with van der Waals surface area (Å²) in [5, 5.41) is 9.78. The van der Waals surface area contributed by atoms with E-state index in [-0.39, 0.29) is 28.5 Å². The van der Waals surface area contributed by atoms with Crippen LogP contribution in [-0.2, 0) is 9.84 Å². The van der Waals surface area contributed by atoms with Crippen molar-refractivity contribution in [1.29, 1.82) is 5.26 Å². The molecule has 0 unspecified atom stereocenters. The zero-order valence-corrected chi connectivity index (χ0v) is 14.9. The van der Waals surface area contributed by atoms with Crippen LogP contribution in [0.5, 0.6) is 0 Å². The first-order valence-corrected chi connectivity index (χ1v) is 9.90. The van der Waals surface area contributed by atoms with Crippen molar-refractivity contribution in [1.82, 2.24) is 4.98 Å². The molecule has 2 aromatic rings. The fourth-order valence-electron chi connectivity index (χ4n) is 3.64. The molecule has 6 nitrogen and oxygen atoms in total. The van der Waals surface area contributed by atoms with Crippen LogP contribution in [0.25, 0.3) is 0 Å². The van der Waals surface area contributed by atoms with Gasteiger partial charge < -0.3 is 5.73 Å². The maximum absolute atomic E-state index is 13.3. The number of anilines is 1. The molecule has 2 aliphatic rings. The van der Waals surface area contributed by atoms with Gasteiger partial charge in [-0.2, -0.15) is 5.26 Å². The van der Waals surface area contributed by atoms with Crippen LogP contribution < -0.4 is 10.6 Å². The van der Waals surface area contributed by atoms with Crippen molar-refractivity contribution in [2.75, 3.05) is 10.7 Å². The number of hydrogen-bond donors (Lipinski definition) is 1. The highest BCUT2D eigenvalue weighted by Gasteiger charge is 2.45. The highest BCUT2D eigenvalue weighted by atomic mass is 32.2. The fourth-order valence-corrected chi connectivity index (χ4v) is 5.48. The molecule has 2 N–H and O–H groups in total. The van der Waals surface area contributed by atoms with E-state index in [2.05, 4.69) is 11.1 Å². The van der Waals surface area contributed by atoms with Gasteiger partial charge in [0.05, 0.1) is 28.2 Å². The van der Waals surface area contributed by atoms with Crippen LogP contribution in [0.4, 0.5) is 10.1 Å². The lowest BCUT2D eigenvalue weighted by molar-refractivity contribution is 0.602. The van der Waals surface area contributed by atoms with Crippen molar-refractivity contribution in [2.24, 2.45) is 5.73 Å². The Morgan fingerprint density at radius 3 is 2.48 bits per heavy atom. The molecule has 0 fully saturated rings. The Bertz CT molecular complexity index is 1120. The topological polar surface area (TPSA) is 100 Å². The lowest BCUT2D eigenvalue weighted by Gasteiger charge is -2.35. The Labute approximate surface area is 156 Å². The number of sulfone groups is 1. The molecular formula is C19H15FN4O2S. The normalized spacial score (nSPS) is 21.2. The van der Waals surface area contributed by atoms with Crippen molar-refractivity contribution in [3.8, 4) is 6.07 Å². The van der Waals surface area contributed by atoms with E-state index in [1.165, 1.54) is 24.3 Å². The van der Waals surface area contributed by atoms with Crippen LogP contribution in [0.2, 0.25) is 0 Å². The third kappa shape index (κ3) is 2.67. The van der Waals surface area contributed by atoms with Gasteiger partial charge in [-0.25, -0.2) is 12.8 Å². The van der Waals surface area contributed by atoms with E-state index in [0.29, 0.717) is 16.9 Å². The summed E-state index contributed by atoms with van der Waals surface area (Å²) in [6.07, 6.45) is 3.37. The molecule has 1 atom stereocenters. The first kappa shape index (κ1) is 17.2. The van der Waals surface area contributed by atoms with Gasteiger partial charge in [0.2, 0.25) is 0 Å². The van der Waals surface area contributed by atoms with Gasteiger partial charge in [0, 0.05) is 30.2 Å². The SMILES string of the molecule is N#CC1=C(N)N(c2ccc(F)cc2)C2=C([C@@H]1c1ccncc1)S(=O)(=O)CC2. The van der Waals surface area contributed by atoms with Crippen LogP contribution in [0.3, 0.4) is 0 Å². The average molecular weight is 382 g/mol. The van der Waals surface area contributed by atoms with Gasteiger partial charge in [-0.3, -0.25) is 9.88 Å². The van der Waals surface area contributed by atoms with E-state index in [4.69, 9.17) is 5.73 Å². The number of nitriles is 1. The average Bonchev–Trinajstić information content (AvgIpc) is 2.97. The van der Waals surface area contributed by atoms with Crippen molar-refractivity contribution in [3.05, 3.63) is 82.2 Å². The second-order valence-electron chi connectivity index (χ2n) is 6.32. The number of hydrogen-bond acceptors (Lipinski definition) is 6. The van der Waals surface area contributed by atoms with E-state index < -0.39 is 21.6 Å². The number of nitrogens with two attached hydrogens (primary N) is 1. The van der Waals surface area contributed by atoms with Crippen LogP contribution in [0.15, 0.2) is 70.8 Å². The molecule has 1 aromatic carbocycles. The minimum Gasteiger partial charge on any atom is -0.384 e. The predicted molar refractivity (Wildman–Crippen MR) is 98.1 cm³/mol. The third-order valence-electron chi connectivity index (χ3n) is 4.81.